The Hall–Kier alpha value is -1.35. The van der Waals surface area contributed by atoms with Crippen LogP contribution in [-0.2, 0) is 11.3 Å². The van der Waals surface area contributed by atoms with Gasteiger partial charge in [0, 0.05) is 5.56 Å². The van der Waals surface area contributed by atoms with E-state index in [-0.39, 0.29) is 11.8 Å². The summed E-state index contributed by atoms with van der Waals surface area (Å²) in [5.74, 6) is -0.0602. The van der Waals surface area contributed by atoms with E-state index in [0.29, 0.717) is 0 Å². The summed E-state index contributed by atoms with van der Waals surface area (Å²) in [6.45, 7) is 5.16. The number of carbonyl (C=O) groups is 1. The number of hydrogen-bond acceptors (Lipinski definition) is 1. The maximum Gasteiger partial charge on any atom is 0.226 e. The summed E-state index contributed by atoms with van der Waals surface area (Å²) in [5, 5.41) is 0. The number of quaternary nitrogens is 1. The first-order chi connectivity index (χ1) is 8.15. The lowest BCUT2D eigenvalue weighted by Gasteiger charge is -2.28. The monoisotopic (exact) mass is 233 g/mol. The van der Waals surface area contributed by atoms with Gasteiger partial charge in [0.2, 0.25) is 5.91 Å². The SMILES string of the molecule is Cc1cccc(C[NH+]2CCC[C@@H](C(N)=O)C2)c1. The third-order valence-corrected chi connectivity index (χ3v) is 3.56. The van der Waals surface area contributed by atoms with Crippen LogP contribution >= 0.6 is 0 Å². The van der Waals surface area contributed by atoms with Gasteiger partial charge in [-0.05, 0) is 19.8 Å². The molecule has 0 bridgehead atoms. The van der Waals surface area contributed by atoms with Gasteiger partial charge in [-0.15, -0.1) is 0 Å². The molecule has 1 aliphatic heterocycles. The average molecular weight is 233 g/mol. The first kappa shape index (κ1) is 12.1. The molecule has 0 aromatic heterocycles. The van der Waals surface area contributed by atoms with Gasteiger partial charge in [0.25, 0.3) is 0 Å². The second kappa shape index (κ2) is 5.32. The van der Waals surface area contributed by atoms with Crippen molar-refractivity contribution in [3.8, 4) is 0 Å². The van der Waals surface area contributed by atoms with Gasteiger partial charge in [-0.25, -0.2) is 0 Å². The molecule has 1 aromatic rings. The number of piperidine rings is 1. The minimum Gasteiger partial charge on any atom is -0.369 e. The zero-order valence-corrected chi connectivity index (χ0v) is 10.4. The molecule has 0 aliphatic carbocycles. The quantitative estimate of drug-likeness (QED) is 0.774. The van der Waals surface area contributed by atoms with Gasteiger partial charge >= 0.3 is 0 Å². The molecule has 1 saturated heterocycles. The van der Waals surface area contributed by atoms with E-state index in [0.717, 1.165) is 32.5 Å². The molecule has 0 radical (unpaired) electrons. The Labute approximate surface area is 103 Å². The molecular weight excluding hydrogens is 212 g/mol. The molecule has 0 saturated carbocycles. The van der Waals surface area contributed by atoms with Crippen molar-refractivity contribution in [3.05, 3.63) is 35.4 Å². The van der Waals surface area contributed by atoms with E-state index >= 15 is 0 Å². The molecule has 17 heavy (non-hydrogen) atoms. The number of benzene rings is 1. The molecule has 1 aliphatic rings. The lowest BCUT2D eigenvalue weighted by atomic mass is 9.97. The fraction of sp³-hybridized carbons (Fsp3) is 0.500. The number of amides is 1. The van der Waals surface area contributed by atoms with Gasteiger partial charge in [-0.2, -0.15) is 0 Å². The van der Waals surface area contributed by atoms with E-state index in [1.54, 1.807) is 0 Å². The predicted molar refractivity (Wildman–Crippen MR) is 67.5 cm³/mol. The van der Waals surface area contributed by atoms with Crippen LogP contribution in [0, 0.1) is 12.8 Å². The standard InChI is InChI=1S/C14H20N2O/c1-11-4-2-5-12(8-11)9-16-7-3-6-13(10-16)14(15)17/h2,4-5,8,13H,3,6-7,9-10H2,1H3,(H2,15,17)/p+1/t13-/m1/s1. The first-order valence-electron chi connectivity index (χ1n) is 6.33. The highest BCUT2D eigenvalue weighted by molar-refractivity contribution is 5.76. The Kier molecular flexibility index (Phi) is 3.79. The third kappa shape index (κ3) is 3.30. The van der Waals surface area contributed by atoms with Gasteiger partial charge in [0.15, 0.2) is 0 Å². The van der Waals surface area contributed by atoms with Crippen molar-refractivity contribution < 1.29 is 9.69 Å². The van der Waals surface area contributed by atoms with Crippen molar-refractivity contribution in [1.29, 1.82) is 0 Å². The van der Waals surface area contributed by atoms with Crippen molar-refractivity contribution in [2.24, 2.45) is 11.7 Å². The van der Waals surface area contributed by atoms with Crippen molar-refractivity contribution >= 4 is 5.91 Å². The molecule has 92 valence electrons. The van der Waals surface area contributed by atoms with Gasteiger partial charge in [-0.3, -0.25) is 4.79 Å². The number of aryl methyl sites for hydroxylation is 1. The van der Waals surface area contributed by atoms with Gasteiger partial charge in [-0.1, -0.05) is 29.8 Å². The van der Waals surface area contributed by atoms with E-state index < -0.39 is 0 Å². The van der Waals surface area contributed by atoms with Crippen LogP contribution in [0.15, 0.2) is 24.3 Å². The molecule has 3 heteroatoms. The minimum absolute atomic E-state index is 0.0727. The molecule has 1 unspecified atom stereocenters. The summed E-state index contributed by atoms with van der Waals surface area (Å²) in [5.41, 5.74) is 8.04. The smallest absolute Gasteiger partial charge is 0.226 e. The number of likely N-dealkylation sites (tertiary alicyclic amines) is 1. The van der Waals surface area contributed by atoms with Crippen molar-refractivity contribution in [2.45, 2.75) is 26.3 Å². The topological polar surface area (TPSA) is 47.5 Å². The molecule has 3 nitrogen and oxygen atoms in total. The van der Waals surface area contributed by atoms with Crippen LogP contribution in [0.1, 0.15) is 24.0 Å². The van der Waals surface area contributed by atoms with Crippen LogP contribution in [0.4, 0.5) is 0 Å². The van der Waals surface area contributed by atoms with E-state index in [1.807, 2.05) is 0 Å². The lowest BCUT2D eigenvalue weighted by Crippen LogP contribution is -3.12. The Morgan fingerprint density at radius 1 is 1.53 bits per heavy atom. The molecule has 3 N–H and O–H groups in total. The largest absolute Gasteiger partial charge is 0.369 e. The maximum atomic E-state index is 11.2. The van der Waals surface area contributed by atoms with Crippen LogP contribution < -0.4 is 10.6 Å². The third-order valence-electron chi connectivity index (χ3n) is 3.56. The Morgan fingerprint density at radius 2 is 2.35 bits per heavy atom. The summed E-state index contributed by atoms with van der Waals surface area (Å²) in [6.07, 6.45) is 2.07. The van der Waals surface area contributed by atoms with E-state index in [1.165, 1.54) is 16.0 Å². The molecule has 2 rings (SSSR count). The molecule has 1 aromatic carbocycles. The summed E-state index contributed by atoms with van der Waals surface area (Å²) < 4.78 is 0. The van der Waals surface area contributed by atoms with Crippen molar-refractivity contribution in [2.75, 3.05) is 13.1 Å². The second-order valence-electron chi connectivity index (χ2n) is 5.11. The Balaban J connectivity index is 1.97. The number of nitrogens with two attached hydrogens (primary N) is 1. The summed E-state index contributed by atoms with van der Waals surface area (Å²) in [6, 6.07) is 8.59. The van der Waals surface area contributed by atoms with Crippen LogP contribution in [0.3, 0.4) is 0 Å². The number of carbonyl (C=O) groups excluding carboxylic acids is 1. The van der Waals surface area contributed by atoms with E-state index in [9.17, 15) is 4.79 Å². The molecule has 1 amide bonds. The second-order valence-corrected chi connectivity index (χ2v) is 5.11. The van der Waals surface area contributed by atoms with Gasteiger partial charge < -0.3 is 10.6 Å². The van der Waals surface area contributed by atoms with Crippen LogP contribution in [0.2, 0.25) is 0 Å². The lowest BCUT2D eigenvalue weighted by molar-refractivity contribution is -0.921. The molecular formula is C14H21N2O+. The fourth-order valence-corrected chi connectivity index (χ4v) is 2.67. The highest BCUT2D eigenvalue weighted by Gasteiger charge is 2.26. The number of primary amides is 1. The minimum atomic E-state index is -0.133. The van der Waals surface area contributed by atoms with E-state index in [2.05, 4.69) is 31.2 Å². The predicted octanol–water partition coefficient (Wildman–Crippen LogP) is 0.275. The van der Waals surface area contributed by atoms with Crippen molar-refractivity contribution in [3.63, 3.8) is 0 Å². The number of nitrogens with one attached hydrogen (secondary N) is 1. The fourth-order valence-electron chi connectivity index (χ4n) is 2.67. The van der Waals surface area contributed by atoms with Gasteiger partial charge in [0.1, 0.15) is 6.54 Å². The highest BCUT2D eigenvalue weighted by atomic mass is 16.1. The first-order valence-corrected chi connectivity index (χ1v) is 6.33. The highest BCUT2D eigenvalue weighted by Crippen LogP contribution is 2.07. The van der Waals surface area contributed by atoms with E-state index in [4.69, 9.17) is 5.73 Å². The molecule has 1 heterocycles. The maximum absolute atomic E-state index is 11.2. The summed E-state index contributed by atoms with van der Waals surface area (Å²) in [4.78, 5) is 12.7. The average Bonchev–Trinajstić information content (AvgIpc) is 2.29. The van der Waals surface area contributed by atoms with Crippen LogP contribution in [0.25, 0.3) is 0 Å². The van der Waals surface area contributed by atoms with Gasteiger partial charge in [0.05, 0.1) is 19.0 Å². The van der Waals surface area contributed by atoms with Crippen LogP contribution in [-0.4, -0.2) is 19.0 Å². The molecule has 2 atom stereocenters. The number of hydrogen-bond donors (Lipinski definition) is 2. The Morgan fingerprint density at radius 3 is 3.06 bits per heavy atom. The number of rotatable bonds is 3. The molecule has 0 spiro atoms. The normalized spacial score (nSPS) is 24.5. The summed E-state index contributed by atoms with van der Waals surface area (Å²) in [7, 11) is 0. The van der Waals surface area contributed by atoms with Crippen LogP contribution in [0.5, 0.6) is 0 Å². The zero-order valence-electron chi connectivity index (χ0n) is 10.4. The van der Waals surface area contributed by atoms with Crippen molar-refractivity contribution in [1.82, 2.24) is 0 Å². The zero-order chi connectivity index (χ0) is 12.3. The summed E-state index contributed by atoms with van der Waals surface area (Å²) >= 11 is 0. The molecule has 1 fully saturated rings. The Bertz CT molecular complexity index is 403.